The van der Waals surface area contributed by atoms with Crippen molar-refractivity contribution >= 4 is 22.6 Å². The first-order valence-corrected chi connectivity index (χ1v) is 8.50. The number of piperidine rings is 1. The Kier molecular flexibility index (Phi) is 4.66. The van der Waals surface area contributed by atoms with E-state index in [2.05, 4.69) is 0 Å². The largest absolute Gasteiger partial charge is 0.497 e. The Morgan fingerprint density at radius 1 is 1.28 bits per heavy atom. The van der Waals surface area contributed by atoms with Gasteiger partial charge in [-0.05, 0) is 48.2 Å². The van der Waals surface area contributed by atoms with Crippen molar-refractivity contribution in [1.29, 1.82) is 0 Å². The molecule has 2 aromatic rings. The molecule has 0 spiro atoms. The number of aliphatic carboxylic acids is 1. The van der Waals surface area contributed by atoms with Crippen LogP contribution in [0.15, 0.2) is 36.4 Å². The first-order chi connectivity index (χ1) is 11.9. The van der Waals surface area contributed by atoms with Gasteiger partial charge in [0.25, 0.3) is 0 Å². The van der Waals surface area contributed by atoms with Gasteiger partial charge in [0.05, 0.1) is 18.9 Å². The fourth-order valence-corrected chi connectivity index (χ4v) is 3.50. The summed E-state index contributed by atoms with van der Waals surface area (Å²) in [5.41, 5.74) is 0.0830. The zero-order valence-electron chi connectivity index (χ0n) is 14.6. The molecule has 0 aliphatic carbocycles. The molecule has 1 heterocycles. The second kappa shape index (κ2) is 6.75. The van der Waals surface area contributed by atoms with E-state index in [1.54, 1.807) is 18.9 Å². The number of nitrogens with zero attached hydrogens (tertiary/aromatic N) is 1. The molecule has 1 N–H and O–H groups in total. The average Bonchev–Trinajstić information content (AvgIpc) is 2.61. The number of rotatable bonds is 4. The summed E-state index contributed by atoms with van der Waals surface area (Å²) in [6.45, 7) is 2.61. The zero-order chi connectivity index (χ0) is 18.0. The molecule has 2 aromatic carbocycles. The van der Waals surface area contributed by atoms with E-state index in [0.29, 0.717) is 13.0 Å². The topological polar surface area (TPSA) is 66.8 Å². The predicted molar refractivity (Wildman–Crippen MR) is 95.8 cm³/mol. The highest BCUT2D eigenvalue weighted by Gasteiger charge is 2.39. The number of carbonyl (C=O) groups is 2. The summed E-state index contributed by atoms with van der Waals surface area (Å²) in [5, 5.41) is 11.5. The molecule has 0 bridgehead atoms. The lowest BCUT2D eigenvalue weighted by Gasteiger charge is -2.37. The minimum atomic E-state index is -0.851. The van der Waals surface area contributed by atoms with Crippen LogP contribution >= 0.6 is 0 Å². The molecule has 0 aromatic heterocycles. The van der Waals surface area contributed by atoms with Gasteiger partial charge in [0.2, 0.25) is 5.91 Å². The fourth-order valence-electron chi connectivity index (χ4n) is 3.50. The number of fused-ring (bicyclic) bond motifs is 1. The summed E-state index contributed by atoms with van der Waals surface area (Å²) in [7, 11) is 1.62. The number of benzene rings is 2. The van der Waals surface area contributed by atoms with Crippen molar-refractivity contribution < 1.29 is 19.4 Å². The molecular weight excluding hydrogens is 318 g/mol. The molecule has 5 heteroatoms. The summed E-state index contributed by atoms with van der Waals surface area (Å²) >= 11 is 0. The first-order valence-electron chi connectivity index (χ1n) is 8.50. The molecule has 5 nitrogen and oxygen atoms in total. The molecular formula is C20H23NO4. The molecule has 1 unspecified atom stereocenters. The summed E-state index contributed by atoms with van der Waals surface area (Å²) < 4.78 is 5.29. The van der Waals surface area contributed by atoms with E-state index in [4.69, 9.17) is 4.74 Å². The van der Waals surface area contributed by atoms with Gasteiger partial charge < -0.3 is 14.7 Å². The molecule has 132 valence electrons. The van der Waals surface area contributed by atoms with Crippen molar-refractivity contribution in [2.45, 2.75) is 26.2 Å². The second-order valence-electron chi connectivity index (χ2n) is 6.97. The van der Waals surface area contributed by atoms with Gasteiger partial charge in [-0.3, -0.25) is 9.59 Å². The summed E-state index contributed by atoms with van der Waals surface area (Å²) in [5.74, 6) is -0.105. The molecule has 1 amide bonds. The smallest absolute Gasteiger partial charge is 0.311 e. The number of likely N-dealkylation sites (tertiary alicyclic amines) is 1. The van der Waals surface area contributed by atoms with E-state index < -0.39 is 11.4 Å². The maximum atomic E-state index is 12.8. The van der Waals surface area contributed by atoms with Crippen LogP contribution in [0.3, 0.4) is 0 Å². The van der Waals surface area contributed by atoms with Crippen molar-refractivity contribution in [2.24, 2.45) is 5.41 Å². The number of hydrogen-bond donors (Lipinski definition) is 1. The Hall–Kier alpha value is -2.56. The van der Waals surface area contributed by atoms with E-state index in [0.717, 1.165) is 28.5 Å². The van der Waals surface area contributed by atoms with Crippen LogP contribution in [-0.2, 0) is 16.0 Å². The van der Waals surface area contributed by atoms with Crippen molar-refractivity contribution in [3.05, 3.63) is 42.0 Å². The van der Waals surface area contributed by atoms with Gasteiger partial charge in [0, 0.05) is 13.1 Å². The number of carboxylic acids is 1. The van der Waals surface area contributed by atoms with Crippen LogP contribution in [0.2, 0.25) is 0 Å². The molecule has 1 saturated heterocycles. The van der Waals surface area contributed by atoms with Crippen molar-refractivity contribution in [2.75, 3.05) is 20.2 Å². The van der Waals surface area contributed by atoms with E-state index >= 15 is 0 Å². The summed E-state index contributed by atoms with van der Waals surface area (Å²) in [6, 6.07) is 11.7. The molecule has 0 radical (unpaired) electrons. The SMILES string of the molecule is COc1ccc2cccc(CC(=O)N3CCCC(C)(C(=O)O)C3)c2c1. The van der Waals surface area contributed by atoms with Crippen LogP contribution in [0, 0.1) is 5.41 Å². The van der Waals surface area contributed by atoms with Crippen LogP contribution in [0.25, 0.3) is 10.8 Å². The Morgan fingerprint density at radius 3 is 2.80 bits per heavy atom. The Labute approximate surface area is 147 Å². The summed E-state index contributed by atoms with van der Waals surface area (Å²) in [6.07, 6.45) is 1.59. The standard InChI is InChI=1S/C20H23NO4/c1-20(19(23)24)9-4-10-21(13-20)18(22)11-15-6-3-5-14-7-8-16(25-2)12-17(14)15/h3,5-8,12H,4,9-11,13H2,1-2H3,(H,23,24). The van der Waals surface area contributed by atoms with Crippen LogP contribution in [0.1, 0.15) is 25.3 Å². The first kappa shape index (κ1) is 17.3. The third-order valence-electron chi connectivity index (χ3n) is 5.09. The zero-order valence-corrected chi connectivity index (χ0v) is 14.6. The van der Waals surface area contributed by atoms with Gasteiger partial charge in [-0.2, -0.15) is 0 Å². The van der Waals surface area contributed by atoms with Crippen LogP contribution in [-0.4, -0.2) is 42.1 Å². The molecule has 0 saturated carbocycles. The monoisotopic (exact) mass is 341 g/mol. The highest BCUT2D eigenvalue weighted by Crippen LogP contribution is 2.30. The number of ether oxygens (including phenoxy) is 1. The quantitative estimate of drug-likeness (QED) is 0.928. The average molecular weight is 341 g/mol. The lowest BCUT2D eigenvalue weighted by molar-refractivity contribution is -0.153. The van der Waals surface area contributed by atoms with Gasteiger partial charge in [-0.25, -0.2) is 0 Å². The van der Waals surface area contributed by atoms with E-state index in [1.807, 2.05) is 36.4 Å². The van der Waals surface area contributed by atoms with Gasteiger partial charge in [-0.15, -0.1) is 0 Å². The fraction of sp³-hybridized carbons (Fsp3) is 0.400. The third-order valence-corrected chi connectivity index (χ3v) is 5.09. The molecule has 1 atom stereocenters. The number of hydrogen-bond acceptors (Lipinski definition) is 3. The maximum absolute atomic E-state index is 12.8. The molecule has 1 aliphatic heterocycles. The molecule has 1 fully saturated rings. The van der Waals surface area contributed by atoms with Crippen molar-refractivity contribution in [1.82, 2.24) is 4.90 Å². The second-order valence-corrected chi connectivity index (χ2v) is 6.97. The van der Waals surface area contributed by atoms with E-state index in [-0.39, 0.29) is 18.9 Å². The Morgan fingerprint density at radius 2 is 2.08 bits per heavy atom. The lowest BCUT2D eigenvalue weighted by atomic mass is 9.82. The molecule has 1 aliphatic rings. The minimum Gasteiger partial charge on any atom is -0.497 e. The van der Waals surface area contributed by atoms with Crippen LogP contribution in [0.5, 0.6) is 5.75 Å². The van der Waals surface area contributed by atoms with Crippen molar-refractivity contribution in [3.63, 3.8) is 0 Å². The van der Waals surface area contributed by atoms with Crippen molar-refractivity contribution in [3.8, 4) is 5.75 Å². The normalized spacial score (nSPS) is 20.5. The lowest BCUT2D eigenvalue weighted by Crippen LogP contribution is -2.48. The maximum Gasteiger partial charge on any atom is 0.311 e. The van der Waals surface area contributed by atoms with Gasteiger partial charge in [-0.1, -0.05) is 24.3 Å². The number of methoxy groups -OCH3 is 1. The van der Waals surface area contributed by atoms with Crippen LogP contribution < -0.4 is 4.74 Å². The molecule has 3 rings (SSSR count). The van der Waals surface area contributed by atoms with Crippen LogP contribution in [0.4, 0.5) is 0 Å². The van der Waals surface area contributed by atoms with Gasteiger partial charge in [0.1, 0.15) is 5.75 Å². The van der Waals surface area contributed by atoms with Gasteiger partial charge in [0.15, 0.2) is 0 Å². The number of carboxylic acid groups (broad SMARTS) is 1. The Balaban J connectivity index is 1.83. The molecule has 25 heavy (non-hydrogen) atoms. The predicted octanol–water partition coefficient (Wildman–Crippen LogP) is 3.10. The summed E-state index contributed by atoms with van der Waals surface area (Å²) in [4.78, 5) is 26.0. The minimum absolute atomic E-state index is 0.0255. The van der Waals surface area contributed by atoms with E-state index in [1.165, 1.54) is 0 Å². The highest BCUT2D eigenvalue weighted by atomic mass is 16.5. The third kappa shape index (κ3) is 3.45. The number of carbonyl (C=O) groups excluding carboxylic acids is 1. The van der Waals surface area contributed by atoms with Gasteiger partial charge >= 0.3 is 5.97 Å². The van der Waals surface area contributed by atoms with E-state index in [9.17, 15) is 14.7 Å². The number of amides is 1. The highest BCUT2D eigenvalue weighted by molar-refractivity contribution is 5.91. The Bertz CT molecular complexity index is 816.